The molecular formula is C14H13FN2OS. The van der Waals surface area contributed by atoms with Crippen molar-refractivity contribution in [2.45, 2.75) is 10.6 Å². The molecule has 0 heterocycles. The van der Waals surface area contributed by atoms with Gasteiger partial charge in [0.05, 0.1) is 5.56 Å². The van der Waals surface area contributed by atoms with E-state index in [0.717, 1.165) is 5.56 Å². The van der Waals surface area contributed by atoms with Crippen LogP contribution in [0.15, 0.2) is 58.6 Å². The minimum absolute atomic E-state index is 0.144. The highest BCUT2D eigenvalue weighted by Gasteiger charge is 2.13. The largest absolute Gasteiger partial charge is 0.409 e. The van der Waals surface area contributed by atoms with Crippen molar-refractivity contribution in [3.8, 4) is 0 Å². The average molecular weight is 276 g/mol. The highest BCUT2D eigenvalue weighted by Crippen LogP contribution is 2.27. The van der Waals surface area contributed by atoms with Crippen molar-refractivity contribution >= 4 is 17.6 Å². The average Bonchev–Trinajstić information content (AvgIpc) is 2.45. The first kappa shape index (κ1) is 13.4. The van der Waals surface area contributed by atoms with Crippen LogP contribution in [0.3, 0.4) is 0 Å². The normalized spacial score (nSPS) is 11.5. The summed E-state index contributed by atoms with van der Waals surface area (Å²) < 4.78 is 13.7. The van der Waals surface area contributed by atoms with Gasteiger partial charge in [-0.25, -0.2) is 4.39 Å². The van der Waals surface area contributed by atoms with Crippen molar-refractivity contribution in [2.75, 3.05) is 0 Å². The van der Waals surface area contributed by atoms with E-state index in [-0.39, 0.29) is 11.4 Å². The third-order valence-corrected chi connectivity index (χ3v) is 3.71. The van der Waals surface area contributed by atoms with Gasteiger partial charge in [-0.1, -0.05) is 41.6 Å². The van der Waals surface area contributed by atoms with Gasteiger partial charge >= 0.3 is 0 Å². The second kappa shape index (κ2) is 6.24. The van der Waals surface area contributed by atoms with Gasteiger partial charge in [-0.05, 0) is 17.7 Å². The predicted octanol–water partition coefficient (Wildman–Crippen LogP) is 3.21. The van der Waals surface area contributed by atoms with Crippen LogP contribution in [0, 0.1) is 5.82 Å². The number of halogens is 1. The van der Waals surface area contributed by atoms with Gasteiger partial charge in [0.1, 0.15) is 5.82 Å². The summed E-state index contributed by atoms with van der Waals surface area (Å²) in [6, 6.07) is 14.5. The number of nitrogens with two attached hydrogens (primary N) is 1. The predicted molar refractivity (Wildman–Crippen MR) is 74.9 cm³/mol. The van der Waals surface area contributed by atoms with Crippen LogP contribution in [0.1, 0.15) is 11.1 Å². The van der Waals surface area contributed by atoms with Crippen LogP contribution >= 0.6 is 11.8 Å². The fraction of sp³-hybridized carbons (Fsp3) is 0.0714. The molecular weight excluding hydrogens is 263 g/mol. The van der Waals surface area contributed by atoms with E-state index < -0.39 is 5.82 Å². The Balaban J connectivity index is 2.23. The second-order valence-electron chi connectivity index (χ2n) is 3.87. The van der Waals surface area contributed by atoms with Crippen LogP contribution < -0.4 is 5.73 Å². The Morgan fingerprint density at radius 3 is 2.58 bits per heavy atom. The summed E-state index contributed by atoms with van der Waals surface area (Å²) in [4.78, 5) is 0.652. The van der Waals surface area contributed by atoms with E-state index in [2.05, 4.69) is 5.16 Å². The zero-order chi connectivity index (χ0) is 13.7. The number of oxime groups is 1. The van der Waals surface area contributed by atoms with Crippen LogP contribution in [0.4, 0.5) is 4.39 Å². The van der Waals surface area contributed by atoms with E-state index in [1.54, 1.807) is 12.1 Å². The Bertz CT molecular complexity index is 587. The number of benzene rings is 2. The Hall–Kier alpha value is -2.01. The van der Waals surface area contributed by atoms with Crippen LogP contribution in [-0.4, -0.2) is 11.0 Å². The van der Waals surface area contributed by atoms with E-state index in [1.165, 1.54) is 17.8 Å². The van der Waals surface area contributed by atoms with Gasteiger partial charge in [-0.15, -0.1) is 11.8 Å². The molecule has 0 aromatic heterocycles. The van der Waals surface area contributed by atoms with Crippen molar-refractivity contribution in [1.29, 1.82) is 0 Å². The number of nitrogens with zero attached hydrogens (tertiary/aromatic N) is 1. The zero-order valence-corrected chi connectivity index (χ0v) is 10.9. The summed E-state index contributed by atoms with van der Waals surface area (Å²) in [7, 11) is 0. The first-order valence-corrected chi connectivity index (χ1v) is 6.64. The molecule has 98 valence electrons. The zero-order valence-electron chi connectivity index (χ0n) is 10.1. The highest BCUT2D eigenvalue weighted by atomic mass is 32.2. The molecule has 0 aliphatic carbocycles. The molecule has 2 rings (SSSR count). The van der Waals surface area contributed by atoms with Gasteiger partial charge in [0.25, 0.3) is 0 Å². The van der Waals surface area contributed by atoms with Gasteiger partial charge in [-0.2, -0.15) is 0 Å². The first-order chi connectivity index (χ1) is 9.22. The third-order valence-electron chi connectivity index (χ3n) is 2.58. The fourth-order valence-corrected chi connectivity index (χ4v) is 2.69. The standard InChI is InChI=1S/C14H13FN2OS/c15-11-7-4-8-12(13(11)14(16)17-18)19-9-10-5-2-1-3-6-10/h1-8,18H,9H2,(H2,16,17). The van der Waals surface area contributed by atoms with E-state index in [9.17, 15) is 4.39 Å². The molecule has 0 atom stereocenters. The Kier molecular flexibility index (Phi) is 4.41. The molecule has 2 aromatic carbocycles. The molecule has 0 saturated carbocycles. The smallest absolute Gasteiger partial charge is 0.174 e. The van der Waals surface area contributed by atoms with E-state index in [1.807, 2.05) is 30.3 Å². The summed E-state index contributed by atoms with van der Waals surface area (Å²) in [6.45, 7) is 0. The number of hydrogen-bond acceptors (Lipinski definition) is 3. The maximum absolute atomic E-state index is 13.7. The van der Waals surface area contributed by atoms with Crippen LogP contribution in [0.2, 0.25) is 0 Å². The SMILES string of the molecule is NC(=NO)c1c(F)cccc1SCc1ccccc1. The molecule has 0 saturated heterocycles. The van der Waals surface area contributed by atoms with Crippen LogP contribution in [0.5, 0.6) is 0 Å². The molecule has 3 nitrogen and oxygen atoms in total. The molecule has 0 aliphatic heterocycles. The lowest BCUT2D eigenvalue weighted by Crippen LogP contribution is -2.16. The van der Waals surface area contributed by atoms with E-state index in [4.69, 9.17) is 10.9 Å². The van der Waals surface area contributed by atoms with Crippen LogP contribution in [-0.2, 0) is 5.75 Å². The number of amidine groups is 1. The summed E-state index contributed by atoms with van der Waals surface area (Å²) >= 11 is 1.45. The minimum atomic E-state index is -0.492. The molecule has 2 aromatic rings. The molecule has 0 fully saturated rings. The summed E-state index contributed by atoms with van der Waals surface area (Å²) in [5.41, 5.74) is 6.78. The molecule has 0 radical (unpaired) electrons. The second-order valence-corrected chi connectivity index (χ2v) is 4.89. The third kappa shape index (κ3) is 3.26. The van der Waals surface area contributed by atoms with Crippen molar-refractivity contribution in [1.82, 2.24) is 0 Å². The van der Waals surface area contributed by atoms with Crippen molar-refractivity contribution in [3.05, 3.63) is 65.5 Å². The first-order valence-electron chi connectivity index (χ1n) is 5.65. The lowest BCUT2D eigenvalue weighted by molar-refractivity contribution is 0.318. The molecule has 5 heteroatoms. The monoisotopic (exact) mass is 276 g/mol. The van der Waals surface area contributed by atoms with E-state index >= 15 is 0 Å². The van der Waals surface area contributed by atoms with Crippen molar-refractivity contribution < 1.29 is 9.60 Å². The van der Waals surface area contributed by atoms with Gasteiger partial charge < -0.3 is 10.9 Å². The van der Waals surface area contributed by atoms with Crippen molar-refractivity contribution in [3.63, 3.8) is 0 Å². The minimum Gasteiger partial charge on any atom is -0.409 e. The number of thioether (sulfide) groups is 1. The summed E-state index contributed by atoms with van der Waals surface area (Å²) in [5, 5.41) is 11.6. The van der Waals surface area contributed by atoms with E-state index in [0.29, 0.717) is 10.6 Å². The Morgan fingerprint density at radius 1 is 1.16 bits per heavy atom. The quantitative estimate of drug-likeness (QED) is 0.296. The van der Waals surface area contributed by atoms with Crippen LogP contribution in [0.25, 0.3) is 0 Å². The lowest BCUT2D eigenvalue weighted by atomic mass is 10.2. The summed E-state index contributed by atoms with van der Waals surface area (Å²) in [5.74, 6) is -0.0160. The fourth-order valence-electron chi connectivity index (χ4n) is 1.66. The number of hydrogen-bond donors (Lipinski definition) is 2. The molecule has 0 spiro atoms. The van der Waals surface area contributed by atoms with Crippen molar-refractivity contribution in [2.24, 2.45) is 10.9 Å². The molecule has 0 aliphatic rings. The topological polar surface area (TPSA) is 58.6 Å². The van der Waals surface area contributed by atoms with Gasteiger partial charge in [0.15, 0.2) is 5.84 Å². The molecule has 3 N–H and O–H groups in total. The highest BCUT2D eigenvalue weighted by molar-refractivity contribution is 7.98. The molecule has 0 unspecified atom stereocenters. The van der Waals surface area contributed by atoms with Gasteiger partial charge in [0.2, 0.25) is 0 Å². The van der Waals surface area contributed by atoms with Gasteiger partial charge in [0, 0.05) is 10.6 Å². The Morgan fingerprint density at radius 2 is 1.89 bits per heavy atom. The van der Waals surface area contributed by atoms with Gasteiger partial charge in [-0.3, -0.25) is 0 Å². The lowest BCUT2D eigenvalue weighted by Gasteiger charge is -2.09. The summed E-state index contributed by atoms with van der Waals surface area (Å²) in [6.07, 6.45) is 0. The Labute approximate surface area is 114 Å². The maximum atomic E-state index is 13.7. The number of rotatable bonds is 4. The molecule has 0 bridgehead atoms. The molecule has 0 amide bonds. The molecule has 19 heavy (non-hydrogen) atoms. The maximum Gasteiger partial charge on any atom is 0.174 e.